The Labute approximate surface area is 151 Å². The molecular formula is C19H21NO4S. The van der Waals surface area contributed by atoms with Gasteiger partial charge >= 0.3 is 5.97 Å². The van der Waals surface area contributed by atoms with E-state index >= 15 is 0 Å². The summed E-state index contributed by atoms with van der Waals surface area (Å²) >= 11 is 1.48. The first kappa shape index (κ1) is 18.7. The molecule has 0 aliphatic rings. The molecule has 0 aliphatic heterocycles. The maximum Gasteiger partial charge on any atom is 0.307 e. The van der Waals surface area contributed by atoms with E-state index in [4.69, 9.17) is 9.47 Å². The number of carbonyl (C=O) groups is 2. The van der Waals surface area contributed by atoms with Crippen LogP contribution in [-0.4, -0.2) is 25.6 Å². The molecule has 2 aromatic rings. The number of benzene rings is 1. The molecule has 0 saturated heterocycles. The van der Waals surface area contributed by atoms with Gasteiger partial charge in [0.15, 0.2) is 0 Å². The highest BCUT2D eigenvalue weighted by Gasteiger charge is 2.18. The maximum absolute atomic E-state index is 12.3. The maximum atomic E-state index is 12.3. The zero-order valence-electron chi connectivity index (χ0n) is 14.2. The Balaban J connectivity index is 2.07. The Morgan fingerprint density at radius 2 is 2.04 bits per heavy atom. The lowest BCUT2D eigenvalue weighted by molar-refractivity contribution is -0.141. The van der Waals surface area contributed by atoms with Gasteiger partial charge in [0.2, 0.25) is 5.91 Å². The number of amides is 1. The number of rotatable bonds is 8. The molecule has 0 spiro atoms. The fraction of sp³-hybridized carbons (Fsp3) is 0.263. The highest BCUT2D eigenvalue weighted by atomic mass is 32.1. The van der Waals surface area contributed by atoms with Gasteiger partial charge in [-0.2, -0.15) is 0 Å². The second-order valence-corrected chi connectivity index (χ2v) is 6.14. The van der Waals surface area contributed by atoms with Crippen molar-refractivity contribution >= 4 is 29.3 Å². The zero-order valence-corrected chi connectivity index (χ0v) is 15.0. The van der Waals surface area contributed by atoms with E-state index in [9.17, 15) is 9.59 Å². The SMILES string of the molecule is CCOc1ccccc1/C=C/C(=O)NC(CC(=O)OC)c1cccs1. The van der Waals surface area contributed by atoms with Gasteiger partial charge in [0.25, 0.3) is 0 Å². The average Bonchev–Trinajstić information content (AvgIpc) is 3.15. The van der Waals surface area contributed by atoms with Crippen molar-refractivity contribution in [2.75, 3.05) is 13.7 Å². The normalized spacial score (nSPS) is 11.9. The van der Waals surface area contributed by atoms with E-state index in [2.05, 4.69) is 5.32 Å². The fourth-order valence-electron chi connectivity index (χ4n) is 2.25. The molecule has 1 atom stereocenters. The van der Waals surface area contributed by atoms with E-state index in [1.807, 2.05) is 48.7 Å². The lowest BCUT2D eigenvalue weighted by Crippen LogP contribution is -2.28. The smallest absolute Gasteiger partial charge is 0.307 e. The van der Waals surface area contributed by atoms with Crippen molar-refractivity contribution in [2.45, 2.75) is 19.4 Å². The minimum absolute atomic E-state index is 0.0894. The van der Waals surface area contributed by atoms with Gasteiger partial charge in [-0.05, 0) is 30.5 Å². The van der Waals surface area contributed by atoms with Crippen molar-refractivity contribution in [3.63, 3.8) is 0 Å². The average molecular weight is 359 g/mol. The van der Waals surface area contributed by atoms with Crippen LogP contribution in [0.3, 0.4) is 0 Å². The van der Waals surface area contributed by atoms with Crippen LogP contribution in [-0.2, 0) is 14.3 Å². The summed E-state index contributed by atoms with van der Waals surface area (Å²) in [5.41, 5.74) is 0.820. The lowest BCUT2D eigenvalue weighted by Gasteiger charge is -2.15. The van der Waals surface area contributed by atoms with Gasteiger partial charge in [-0.25, -0.2) is 0 Å². The van der Waals surface area contributed by atoms with Gasteiger partial charge in [0.1, 0.15) is 5.75 Å². The summed E-state index contributed by atoms with van der Waals surface area (Å²) in [6, 6.07) is 10.8. The van der Waals surface area contributed by atoms with E-state index in [0.717, 1.165) is 16.2 Å². The third kappa shape index (κ3) is 5.76. The Morgan fingerprint density at radius 3 is 2.72 bits per heavy atom. The van der Waals surface area contributed by atoms with E-state index in [1.165, 1.54) is 24.5 Å². The molecule has 6 heteroatoms. The van der Waals surface area contributed by atoms with Gasteiger partial charge < -0.3 is 14.8 Å². The summed E-state index contributed by atoms with van der Waals surface area (Å²) in [5, 5.41) is 4.75. The van der Waals surface area contributed by atoms with Crippen molar-refractivity contribution in [3.05, 3.63) is 58.3 Å². The molecule has 0 radical (unpaired) electrons. The van der Waals surface area contributed by atoms with Gasteiger partial charge in [-0.1, -0.05) is 24.3 Å². The standard InChI is InChI=1S/C19H21NO4S/c1-3-24-16-8-5-4-7-14(16)10-11-18(21)20-15(13-19(22)23-2)17-9-6-12-25-17/h4-12,15H,3,13H2,1-2H3,(H,20,21)/b11-10+. The second kappa shape index (κ2) is 9.64. The third-order valence-electron chi connectivity index (χ3n) is 3.43. The molecule has 0 bridgehead atoms. The third-order valence-corrected chi connectivity index (χ3v) is 4.42. The first-order valence-electron chi connectivity index (χ1n) is 7.94. The molecule has 1 amide bonds. The van der Waals surface area contributed by atoms with E-state index < -0.39 is 6.04 Å². The molecule has 1 aromatic carbocycles. The number of nitrogens with one attached hydrogen (secondary N) is 1. The van der Waals surface area contributed by atoms with Crippen LogP contribution in [0.5, 0.6) is 5.75 Å². The van der Waals surface area contributed by atoms with Crippen LogP contribution in [0.15, 0.2) is 47.9 Å². The number of ether oxygens (including phenoxy) is 2. The molecule has 1 unspecified atom stereocenters. The molecule has 0 fully saturated rings. The summed E-state index contributed by atoms with van der Waals surface area (Å²) in [7, 11) is 1.33. The number of esters is 1. The number of hydrogen-bond donors (Lipinski definition) is 1. The van der Waals surface area contributed by atoms with Crippen LogP contribution in [0, 0.1) is 0 Å². The highest BCUT2D eigenvalue weighted by Crippen LogP contribution is 2.23. The van der Waals surface area contributed by atoms with Gasteiger partial charge in [0, 0.05) is 16.5 Å². The molecule has 1 aromatic heterocycles. The van der Waals surface area contributed by atoms with Crippen molar-refractivity contribution in [3.8, 4) is 5.75 Å². The molecule has 1 heterocycles. The predicted octanol–water partition coefficient (Wildman–Crippen LogP) is 3.58. The number of methoxy groups -OCH3 is 1. The van der Waals surface area contributed by atoms with Gasteiger partial charge in [0.05, 0.1) is 26.2 Å². The largest absolute Gasteiger partial charge is 0.493 e. The Kier molecular flexibility index (Phi) is 7.22. The molecule has 2 rings (SSSR count). The van der Waals surface area contributed by atoms with Crippen molar-refractivity contribution < 1.29 is 19.1 Å². The minimum Gasteiger partial charge on any atom is -0.493 e. The Bertz CT molecular complexity index is 725. The summed E-state index contributed by atoms with van der Waals surface area (Å²) in [4.78, 5) is 24.8. The van der Waals surface area contributed by atoms with E-state index in [1.54, 1.807) is 6.08 Å². The molecule has 132 valence electrons. The first-order chi connectivity index (χ1) is 12.1. The van der Waals surface area contributed by atoms with Gasteiger partial charge in [-0.15, -0.1) is 11.3 Å². The number of carbonyl (C=O) groups excluding carboxylic acids is 2. The topological polar surface area (TPSA) is 64.6 Å². The Hall–Kier alpha value is -2.60. The molecule has 1 N–H and O–H groups in total. The fourth-order valence-corrected chi connectivity index (χ4v) is 3.03. The quantitative estimate of drug-likeness (QED) is 0.578. The summed E-state index contributed by atoms with van der Waals surface area (Å²) in [6.45, 7) is 2.46. The minimum atomic E-state index is -0.410. The molecule has 5 nitrogen and oxygen atoms in total. The number of thiophene rings is 1. The van der Waals surface area contributed by atoms with Crippen molar-refractivity contribution in [1.82, 2.24) is 5.32 Å². The number of para-hydroxylation sites is 1. The van der Waals surface area contributed by atoms with Crippen LogP contribution in [0.25, 0.3) is 6.08 Å². The molecular weight excluding hydrogens is 338 g/mol. The van der Waals surface area contributed by atoms with Crippen LogP contribution in [0.1, 0.15) is 29.8 Å². The summed E-state index contributed by atoms with van der Waals surface area (Å²) in [6.07, 6.45) is 3.23. The molecule has 0 aliphatic carbocycles. The van der Waals surface area contributed by atoms with Crippen LogP contribution < -0.4 is 10.1 Å². The Morgan fingerprint density at radius 1 is 1.24 bits per heavy atom. The second-order valence-electron chi connectivity index (χ2n) is 5.16. The predicted molar refractivity (Wildman–Crippen MR) is 98.5 cm³/mol. The summed E-state index contributed by atoms with van der Waals surface area (Å²) in [5.74, 6) is 0.0661. The van der Waals surface area contributed by atoms with E-state index in [0.29, 0.717) is 6.61 Å². The molecule has 25 heavy (non-hydrogen) atoms. The van der Waals surface area contributed by atoms with E-state index in [-0.39, 0.29) is 18.3 Å². The number of hydrogen-bond acceptors (Lipinski definition) is 5. The van der Waals surface area contributed by atoms with Crippen LogP contribution in [0.4, 0.5) is 0 Å². The zero-order chi connectivity index (χ0) is 18.1. The van der Waals surface area contributed by atoms with Crippen molar-refractivity contribution in [1.29, 1.82) is 0 Å². The highest BCUT2D eigenvalue weighted by molar-refractivity contribution is 7.10. The monoisotopic (exact) mass is 359 g/mol. The first-order valence-corrected chi connectivity index (χ1v) is 8.82. The van der Waals surface area contributed by atoms with Crippen LogP contribution in [0.2, 0.25) is 0 Å². The van der Waals surface area contributed by atoms with Crippen LogP contribution >= 0.6 is 11.3 Å². The lowest BCUT2D eigenvalue weighted by atomic mass is 10.1. The summed E-state index contributed by atoms with van der Waals surface area (Å²) < 4.78 is 10.2. The van der Waals surface area contributed by atoms with Gasteiger partial charge in [-0.3, -0.25) is 9.59 Å². The van der Waals surface area contributed by atoms with Crippen molar-refractivity contribution in [2.24, 2.45) is 0 Å². The molecule has 0 saturated carbocycles.